The summed E-state index contributed by atoms with van der Waals surface area (Å²) in [5.74, 6) is -0.309. The third-order valence-electron chi connectivity index (χ3n) is 3.01. The Morgan fingerprint density at radius 3 is 2.52 bits per heavy atom. The second-order valence-electron chi connectivity index (χ2n) is 6.13. The Kier molecular flexibility index (Phi) is 7.42. The van der Waals surface area contributed by atoms with Gasteiger partial charge in [0, 0.05) is 5.57 Å². The van der Waals surface area contributed by atoms with Gasteiger partial charge in [-0.05, 0) is 45.4 Å². The maximum Gasteiger partial charge on any atom is 0.408 e. The Morgan fingerprint density at radius 1 is 1.32 bits per heavy atom. The van der Waals surface area contributed by atoms with Crippen LogP contribution in [0.1, 0.15) is 33.3 Å². The number of carbonyl (C=O) groups excluding carboxylic acids is 2. The number of carbonyl (C=O) groups is 2. The third-order valence-corrected chi connectivity index (χ3v) is 3.01. The fourth-order valence-corrected chi connectivity index (χ4v) is 2.01. The Hall–Kier alpha value is -2.57. The predicted octanol–water partition coefficient (Wildman–Crippen LogP) is 3.46. The van der Waals surface area contributed by atoms with Crippen LogP contribution in [0, 0.1) is 0 Å². The van der Waals surface area contributed by atoms with Gasteiger partial charge in [0.2, 0.25) is 0 Å². The molecule has 1 aromatic carbocycles. The number of halogens is 1. The van der Waals surface area contributed by atoms with Crippen LogP contribution in [0.2, 0.25) is 0 Å². The van der Waals surface area contributed by atoms with E-state index in [-0.39, 0.29) is 18.5 Å². The molecule has 0 spiro atoms. The zero-order valence-electron chi connectivity index (χ0n) is 15.1. The average molecular weight is 353 g/mol. The van der Waals surface area contributed by atoms with Gasteiger partial charge >= 0.3 is 12.1 Å². The van der Waals surface area contributed by atoms with Crippen molar-refractivity contribution in [2.24, 2.45) is 0 Å². The molecule has 6 nitrogen and oxygen atoms in total. The zero-order valence-corrected chi connectivity index (χ0v) is 15.1. The monoisotopic (exact) mass is 353 g/mol. The number of rotatable bonds is 6. The van der Waals surface area contributed by atoms with Gasteiger partial charge < -0.3 is 19.5 Å². The molecular weight excluding hydrogens is 329 g/mol. The van der Waals surface area contributed by atoms with Crippen LogP contribution in [0.25, 0.3) is 5.57 Å². The van der Waals surface area contributed by atoms with Crippen LogP contribution < -0.4 is 10.1 Å². The first-order valence-electron chi connectivity index (χ1n) is 7.82. The van der Waals surface area contributed by atoms with Crippen LogP contribution >= 0.6 is 0 Å². The maximum atomic E-state index is 13.6. The Balaban J connectivity index is 3.15. The van der Waals surface area contributed by atoms with Gasteiger partial charge in [0.05, 0.1) is 20.0 Å². The molecule has 0 aliphatic rings. The number of ether oxygens (including phenoxy) is 3. The van der Waals surface area contributed by atoms with Crippen molar-refractivity contribution in [1.82, 2.24) is 5.32 Å². The molecule has 138 valence electrons. The summed E-state index contributed by atoms with van der Waals surface area (Å²) in [7, 11) is 1.47. The molecular formula is C18H24FNO5. The van der Waals surface area contributed by atoms with E-state index in [1.165, 1.54) is 7.11 Å². The van der Waals surface area contributed by atoms with Crippen LogP contribution in [-0.4, -0.2) is 37.4 Å². The molecule has 0 radical (unpaired) electrons. The number of alkyl carbamates (subject to hydrolysis) is 1. The number of hydrogen-bond donors (Lipinski definition) is 1. The SMILES string of the molecule is CCOC(=O)C(NC(=O)OC(C)(C)C)/C(=C/F)c1cccc(OC)c1. The van der Waals surface area contributed by atoms with Crippen molar-refractivity contribution in [2.75, 3.05) is 13.7 Å². The van der Waals surface area contributed by atoms with Crippen molar-refractivity contribution < 1.29 is 28.2 Å². The van der Waals surface area contributed by atoms with Gasteiger partial charge in [-0.25, -0.2) is 14.0 Å². The van der Waals surface area contributed by atoms with Gasteiger partial charge in [-0.2, -0.15) is 0 Å². The standard InChI is InChI=1S/C18H24FNO5/c1-6-24-16(21)15(20-17(22)25-18(2,3)4)14(11-19)12-8-7-9-13(10-12)23-5/h7-11,15H,6H2,1-5H3,(H,20,22)/b14-11+. The lowest BCUT2D eigenvalue weighted by Gasteiger charge is -2.24. The molecule has 1 aromatic rings. The van der Waals surface area contributed by atoms with Gasteiger partial charge in [-0.1, -0.05) is 12.1 Å². The number of nitrogens with one attached hydrogen (secondary N) is 1. The third kappa shape index (κ3) is 6.45. The highest BCUT2D eigenvalue weighted by Gasteiger charge is 2.30. The fraction of sp³-hybridized carbons (Fsp3) is 0.444. The molecule has 7 heteroatoms. The molecule has 1 unspecified atom stereocenters. The molecule has 25 heavy (non-hydrogen) atoms. The number of methoxy groups -OCH3 is 1. The molecule has 1 amide bonds. The lowest BCUT2D eigenvalue weighted by Crippen LogP contribution is -2.45. The molecule has 0 saturated heterocycles. The number of benzene rings is 1. The van der Waals surface area contributed by atoms with Gasteiger partial charge in [0.1, 0.15) is 11.4 Å². The summed E-state index contributed by atoms with van der Waals surface area (Å²) in [5, 5.41) is 2.36. The van der Waals surface area contributed by atoms with Crippen molar-refractivity contribution in [1.29, 1.82) is 0 Å². The summed E-state index contributed by atoms with van der Waals surface area (Å²) >= 11 is 0. The molecule has 0 aromatic heterocycles. The van der Waals surface area contributed by atoms with Gasteiger partial charge in [0.15, 0.2) is 6.04 Å². The number of esters is 1. The van der Waals surface area contributed by atoms with Crippen molar-refractivity contribution >= 4 is 17.6 Å². The zero-order chi connectivity index (χ0) is 19.0. The van der Waals surface area contributed by atoms with Crippen LogP contribution in [0.5, 0.6) is 5.75 Å². The summed E-state index contributed by atoms with van der Waals surface area (Å²) in [6.45, 7) is 6.75. The molecule has 0 aliphatic carbocycles. The minimum atomic E-state index is -1.35. The van der Waals surface area contributed by atoms with E-state index in [1.807, 2.05) is 0 Å². The highest BCUT2D eigenvalue weighted by Crippen LogP contribution is 2.24. The number of hydrogen-bond acceptors (Lipinski definition) is 5. The fourth-order valence-electron chi connectivity index (χ4n) is 2.01. The highest BCUT2D eigenvalue weighted by atomic mass is 19.1. The minimum Gasteiger partial charge on any atom is -0.497 e. The quantitative estimate of drug-likeness (QED) is 0.793. The second kappa shape index (κ2) is 9.05. The first kappa shape index (κ1) is 20.5. The van der Waals surface area contributed by atoms with Crippen molar-refractivity contribution in [3.05, 3.63) is 36.2 Å². The highest BCUT2D eigenvalue weighted by molar-refractivity contribution is 5.95. The van der Waals surface area contributed by atoms with E-state index in [4.69, 9.17) is 14.2 Å². The van der Waals surface area contributed by atoms with Crippen LogP contribution in [-0.2, 0) is 14.3 Å². The van der Waals surface area contributed by atoms with E-state index in [9.17, 15) is 14.0 Å². The van der Waals surface area contributed by atoms with E-state index < -0.39 is 23.7 Å². The summed E-state index contributed by atoms with van der Waals surface area (Å²) < 4.78 is 28.8. The summed E-state index contributed by atoms with van der Waals surface area (Å²) in [4.78, 5) is 24.3. The van der Waals surface area contributed by atoms with Crippen molar-refractivity contribution in [2.45, 2.75) is 39.3 Å². The topological polar surface area (TPSA) is 73.9 Å². The first-order valence-corrected chi connectivity index (χ1v) is 7.82. The Morgan fingerprint density at radius 2 is 2.00 bits per heavy atom. The first-order chi connectivity index (χ1) is 11.7. The summed E-state index contributed by atoms with van der Waals surface area (Å²) in [6, 6.07) is 5.12. The second-order valence-corrected chi connectivity index (χ2v) is 6.13. The smallest absolute Gasteiger partial charge is 0.408 e. The summed E-state index contributed by atoms with van der Waals surface area (Å²) in [6.07, 6.45) is -0.596. The lowest BCUT2D eigenvalue weighted by atomic mass is 9.99. The van der Waals surface area contributed by atoms with Gasteiger partial charge in [-0.15, -0.1) is 0 Å². The molecule has 0 fully saturated rings. The van der Waals surface area contributed by atoms with E-state index in [2.05, 4.69) is 5.32 Å². The molecule has 1 atom stereocenters. The maximum absolute atomic E-state index is 13.6. The van der Waals surface area contributed by atoms with Crippen LogP contribution in [0.4, 0.5) is 9.18 Å². The Bertz CT molecular complexity index is 637. The average Bonchev–Trinajstić information content (AvgIpc) is 2.53. The molecule has 1 rings (SSSR count). The molecule has 0 bridgehead atoms. The van der Waals surface area contributed by atoms with Crippen LogP contribution in [0.3, 0.4) is 0 Å². The molecule has 0 saturated carbocycles. The normalized spacial score (nSPS) is 13.0. The van der Waals surface area contributed by atoms with Crippen molar-refractivity contribution in [3.8, 4) is 5.75 Å². The predicted molar refractivity (Wildman–Crippen MR) is 91.9 cm³/mol. The van der Waals surface area contributed by atoms with E-state index >= 15 is 0 Å². The van der Waals surface area contributed by atoms with Crippen LogP contribution in [0.15, 0.2) is 30.6 Å². The molecule has 0 heterocycles. The van der Waals surface area contributed by atoms with Gasteiger partial charge in [-0.3, -0.25) is 0 Å². The van der Waals surface area contributed by atoms with E-state index in [0.717, 1.165) is 0 Å². The minimum absolute atomic E-state index is 0.0665. The van der Waals surface area contributed by atoms with Crippen molar-refractivity contribution in [3.63, 3.8) is 0 Å². The lowest BCUT2D eigenvalue weighted by molar-refractivity contribution is -0.144. The largest absolute Gasteiger partial charge is 0.497 e. The van der Waals surface area contributed by atoms with E-state index in [1.54, 1.807) is 52.0 Å². The number of amides is 1. The van der Waals surface area contributed by atoms with E-state index in [0.29, 0.717) is 11.3 Å². The Labute approximate surface area is 147 Å². The summed E-state index contributed by atoms with van der Waals surface area (Å²) in [5.41, 5.74) is -0.460. The van der Waals surface area contributed by atoms with Gasteiger partial charge in [0.25, 0.3) is 0 Å². The molecule has 1 N–H and O–H groups in total. The molecule has 0 aliphatic heterocycles.